The van der Waals surface area contributed by atoms with E-state index in [0.717, 1.165) is 37.6 Å². The highest BCUT2D eigenvalue weighted by Crippen LogP contribution is 2.20. The van der Waals surface area contributed by atoms with Gasteiger partial charge in [0.15, 0.2) is 0 Å². The smallest absolute Gasteiger partial charge is 0.132 e. The van der Waals surface area contributed by atoms with Crippen molar-refractivity contribution >= 4 is 5.82 Å². The molecule has 2 rings (SSSR count). The van der Waals surface area contributed by atoms with Crippen LogP contribution in [0, 0.1) is 0 Å². The average Bonchev–Trinajstić information content (AvgIpc) is 2.46. The number of rotatable bonds is 4. The first-order valence-electron chi connectivity index (χ1n) is 7.47. The summed E-state index contributed by atoms with van der Waals surface area (Å²) >= 11 is 0. The molecule has 1 aliphatic rings. The Morgan fingerprint density at radius 1 is 1.26 bits per heavy atom. The SMILES string of the molecule is CCc1cc(N2CCN(C(C)C)C(CC)C2)ncn1. The molecular formula is C15H26N4. The minimum atomic E-state index is 0.628. The van der Waals surface area contributed by atoms with Gasteiger partial charge in [-0.15, -0.1) is 0 Å². The summed E-state index contributed by atoms with van der Waals surface area (Å²) in [6, 6.07) is 3.40. The number of piperazine rings is 1. The molecule has 1 saturated heterocycles. The third-order valence-electron chi connectivity index (χ3n) is 4.06. The van der Waals surface area contributed by atoms with Crippen molar-refractivity contribution in [3.63, 3.8) is 0 Å². The van der Waals surface area contributed by atoms with Crippen LogP contribution >= 0.6 is 0 Å². The fraction of sp³-hybridized carbons (Fsp3) is 0.733. The summed E-state index contributed by atoms with van der Waals surface area (Å²) in [7, 11) is 0. The Hall–Kier alpha value is -1.16. The van der Waals surface area contributed by atoms with E-state index in [4.69, 9.17) is 0 Å². The molecule has 19 heavy (non-hydrogen) atoms. The van der Waals surface area contributed by atoms with Crippen LogP contribution in [-0.4, -0.2) is 46.6 Å². The largest absolute Gasteiger partial charge is 0.354 e. The van der Waals surface area contributed by atoms with Crippen molar-refractivity contribution in [3.8, 4) is 0 Å². The molecule has 4 nitrogen and oxygen atoms in total. The Labute approximate surface area is 116 Å². The molecule has 0 aromatic carbocycles. The number of aromatic nitrogens is 2. The third-order valence-corrected chi connectivity index (χ3v) is 4.06. The van der Waals surface area contributed by atoms with Gasteiger partial charge in [-0.25, -0.2) is 9.97 Å². The summed E-state index contributed by atoms with van der Waals surface area (Å²) in [5.74, 6) is 1.09. The van der Waals surface area contributed by atoms with Crippen molar-refractivity contribution in [3.05, 3.63) is 18.1 Å². The maximum atomic E-state index is 4.45. The highest BCUT2D eigenvalue weighted by atomic mass is 15.3. The van der Waals surface area contributed by atoms with E-state index >= 15 is 0 Å². The van der Waals surface area contributed by atoms with Gasteiger partial charge in [0.25, 0.3) is 0 Å². The second kappa shape index (κ2) is 6.33. The van der Waals surface area contributed by atoms with Crippen LogP contribution in [-0.2, 0) is 6.42 Å². The molecule has 1 atom stereocenters. The molecule has 1 aromatic heterocycles. The highest BCUT2D eigenvalue weighted by molar-refractivity contribution is 5.40. The third kappa shape index (κ3) is 3.24. The number of aryl methyl sites for hydroxylation is 1. The lowest BCUT2D eigenvalue weighted by Crippen LogP contribution is -2.55. The van der Waals surface area contributed by atoms with E-state index in [0.29, 0.717) is 12.1 Å². The number of hydrogen-bond acceptors (Lipinski definition) is 4. The Kier molecular flexibility index (Phi) is 4.75. The Morgan fingerprint density at radius 3 is 2.68 bits per heavy atom. The summed E-state index contributed by atoms with van der Waals surface area (Å²) in [5, 5.41) is 0. The van der Waals surface area contributed by atoms with Gasteiger partial charge in [0, 0.05) is 43.5 Å². The van der Waals surface area contributed by atoms with Crippen LogP contribution in [0.3, 0.4) is 0 Å². The van der Waals surface area contributed by atoms with Gasteiger partial charge in [-0.2, -0.15) is 0 Å². The lowest BCUT2D eigenvalue weighted by atomic mass is 10.1. The Morgan fingerprint density at radius 2 is 2.05 bits per heavy atom. The fourth-order valence-electron chi connectivity index (χ4n) is 2.87. The van der Waals surface area contributed by atoms with E-state index in [1.54, 1.807) is 6.33 Å². The van der Waals surface area contributed by atoms with Crippen LogP contribution in [0.1, 0.15) is 39.8 Å². The van der Waals surface area contributed by atoms with Crippen LogP contribution < -0.4 is 4.90 Å². The van der Waals surface area contributed by atoms with Crippen LogP contribution in [0.5, 0.6) is 0 Å². The molecule has 1 fully saturated rings. The zero-order chi connectivity index (χ0) is 13.8. The molecule has 0 amide bonds. The molecule has 0 spiro atoms. The molecule has 0 N–H and O–H groups in total. The van der Waals surface area contributed by atoms with Crippen LogP contribution in [0.2, 0.25) is 0 Å². The molecule has 0 bridgehead atoms. The lowest BCUT2D eigenvalue weighted by Gasteiger charge is -2.43. The molecular weight excluding hydrogens is 236 g/mol. The Bertz CT molecular complexity index is 405. The first kappa shape index (κ1) is 14.3. The van der Waals surface area contributed by atoms with E-state index < -0.39 is 0 Å². The van der Waals surface area contributed by atoms with Crippen molar-refractivity contribution in [2.24, 2.45) is 0 Å². The van der Waals surface area contributed by atoms with Gasteiger partial charge in [0.05, 0.1) is 0 Å². The molecule has 2 heterocycles. The second-order valence-electron chi connectivity index (χ2n) is 5.56. The zero-order valence-electron chi connectivity index (χ0n) is 12.6. The van der Waals surface area contributed by atoms with Crippen molar-refractivity contribution in [1.82, 2.24) is 14.9 Å². The summed E-state index contributed by atoms with van der Waals surface area (Å²) in [6.07, 6.45) is 3.86. The van der Waals surface area contributed by atoms with Gasteiger partial charge in [0.1, 0.15) is 12.1 Å². The van der Waals surface area contributed by atoms with Gasteiger partial charge in [-0.05, 0) is 26.7 Å². The van der Waals surface area contributed by atoms with Crippen LogP contribution in [0.25, 0.3) is 0 Å². The maximum absolute atomic E-state index is 4.45. The Balaban J connectivity index is 2.10. The zero-order valence-corrected chi connectivity index (χ0v) is 12.6. The van der Waals surface area contributed by atoms with Crippen molar-refractivity contribution < 1.29 is 0 Å². The molecule has 0 radical (unpaired) electrons. The average molecular weight is 262 g/mol. The molecule has 0 saturated carbocycles. The van der Waals surface area contributed by atoms with Crippen molar-refractivity contribution in [2.45, 2.75) is 52.6 Å². The van der Waals surface area contributed by atoms with Gasteiger partial charge < -0.3 is 4.90 Å². The predicted octanol–water partition coefficient (Wildman–Crippen LogP) is 2.35. The highest BCUT2D eigenvalue weighted by Gasteiger charge is 2.27. The standard InChI is InChI=1S/C15H26N4/c1-5-13-9-15(17-11-16-13)18-7-8-19(12(3)4)14(6-2)10-18/h9,11-12,14H,5-8,10H2,1-4H3. The van der Waals surface area contributed by atoms with Crippen molar-refractivity contribution in [2.75, 3.05) is 24.5 Å². The predicted molar refractivity (Wildman–Crippen MR) is 79.5 cm³/mol. The number of anilines is 1. The molecule has 4 heteroatoms. The van der Waals surface area contributed by atoms with Gasteiger partial charge in [0.2, 0.25) is 0 Å². The molecule has 106 valence electrons. The number of hydrogen-bond donors (Lipinski definition) is 0. The van der Waals surface area contributed by atoms with Crippen LogP contribution in [0.15, 0.2) is 12.4 Å². The minimum absolute atomic E-state index is 0.628. The minimum Gasteiger partial charge on any atom is -0.354 e. The van der Waals surface area contributed by atoms with Gasteiger partial charge in [-0.1, -0.05) is 13.8 Å². The molecule has 1 aromatic rings. The lowest BCUT2D eigenvalue weighted by molar-refractivity contribution is 0.133. The number of nitrogens with zero attached hydrogens (tertiary/aromatic N) is 4. The normalized spacial score (nSPS) is 21.1. The summed E-state index contributed by atoms with van der Waals surface area (Å²) in [4.78, 5) is 13.8. The second-order valence-corrected chi connectivity index (χ2v) is 5.56. The topological polar surface area (TPSA) is 32.3 Å². The monoisotopic (exact) mass is 262 g/mol. The first-order valence-corrected chi connectivity index (χ1v) is 7.47. The summed E-state index contributed by atoms with van der Waals surface area (Å²) in [6.45, 7) is 12.3. The first-order chi connectivity index (χ1) is 9.15. The van der Waals surface area contributed by atoms with Gasteiger partial charge >= 0.3 is 0 Å². The van der Waals surface area contributed by atoms with E-state index in [1.165, 1.54) is 6.42 Å². The van der Waals surface area contributed by atoms with Crippen molar-refractivity contribution in [1.29, 1.82) is 0 Å². The van der Waals surface area contributed by atoms with Crippen LogP contribution in [0.4, 0.5) is 5.82 Å². The van der Waals surface area contributed by atoms with E-state index in [2.05, 4.69) is 53.5 Å². The molecule has 1 unspecified atom stereocenters. The fourth-order valence-corrected chi connectivity index (χ4v) is 2.87. The molecule has 0 aliphatic carbocycles. The summed E-state index contributed by atoms with van der Waals surface area (Å²) in [5.41, 5.74) is 1.13. The van der Waals surface area contributed by atoms with E-state index in [1.807, 2.05) is 0 Å². The van der Waals surface area contributed by atoms with Gasteiger partial charge in [-0.3, -0.25) is 4.90 Å². The molecule has 1 aliphatic heterocycles. The van der Waals surface area contributed by atoms with E-state index in [9.17, 15) is 0 Å². The summed E-state index contributed by atoms with van der Waals surface area (Å²) < 4.78 is 0. The quantitative estimate of drug-likeness (QED) is 0.834. The van der Waals surface area contributed by atoms with E-state index in [-0.39, 0.29) is 0 Å². The maximum Gasteiger partial charge on any atom is 0.132 e.